The van der Waals surface area contributed by atoms with Gasteiger partial charge in [0.1, 0.15) is 0 Å². The van der Waals surface area contributed by atoms with Crippen LogP contribution in [0.4, 0.5) is 0 Å². The van der Waals surface area contributed by atoms with Gasteiger partial charge in [0.15, 0.2) is 0 Å². The molecule has 0 aromatic carbocycles. The van der Waals surface area contributed by atoms with Crippen LogP contribution in [0.5, 0.6) is 0 Å². The topological polar surface area (TPSA) is 57.7 Å². The summed E-state index contributed by atoms with van der Waals surface area (Å²) in [6, 6.07) is 0. The van der Waals surface area contributed by atoms with Crippen molar-refractivity contribution in [2.75, 3.05) is 19.6 Å². The second-order valence-electron chi connectivity index (χ2n) is 4.04. The SMILES string of the molecule is O=C1CCCCN1S(=O)(=O)N1CCCC1. The van der Waals surface area contributed by atoms with Crippen molar-refractivity contribution in [2.24, 2.45) is 0 Å². The van der Waals surface area contributed by atoms with Gasteiger partial charge in [-0.05, 0) is 25.7 Å². The fourth-order valence-electron chi connectivity index (χ4n) is 2.08. The van der Waals surface area contributed by atoms with Gasteiger partial charge in [0.25, 0.3) is 0 Å². The second kappa shape index (κ2) is 4.09. The third-order valence-corrected chi connectivity index (χ3v) is 4.91. The maximum absolute atomic E-state index is 12.0. The van der Waals surface area contributed by atoms with Crippen LogP contribution in [0.25, 0.3) is 0 Å². The molecule has 0 aromatic rings. The Balaban J connectivity index is 2.16. The van der Waals surface area contributed by atoms with Gasteiger partial charge in [-0.2, -0.15) is 12.7 Å². The zero-order valence-corrected chi connectivity index (χ0v) is 9.50. The quantitative estimate of drug-likeness (QED) is 0.690. The maximum Gasteiger partial charge on any atom is 0.306 e. The van der Waals surface area contributed by atoms with Gasteiger partial charge in [-0.25, -0.2) is 4.31 Å². The minimum absolute atomic E-state index is 0.242. The average Bonchev–Trinajstić information content (AvgIpc) is 2.71. The van der Waals surface area contributed by atoms with Gasteiger partial charge in [-0.1, -0.05) is 0 Å². The summed E-state index contributed by atoms with van der Waals surface area (Å²) in [4.78, 5) is 11.5. The standard InChI is InChI=1S/C9H16N2O3S/c12-9-5-1-2-8-11(9)15(13,14)10-6-3-4-7-10/h1-8H2. The highest BCUT2D eigenvalue weighted by Crippen LogP contribution is 2.21. The summed E-state index contributed by atoms with van der Waals surface area (Å²) in [6.45, 7) is 1.48. The molecule has 2 aliphatic heterocycles. The first kappa shape index (κ1) is 10.9. The number of hydrogen-bond donors (Lipinski definition) is 0. The third kappa shape index (κ3) is 2.01. The summed E-state index contributed by atoms with van der Waals surface area (Å²) in [7, 11) is -3.49. The van der Waals surface area contributed by atoms with Gasteiger partial charge in [-0.15, -0.1) is 0 Å². The summed E-state index contributed by atoms with van der Waals surface area (Å²) in [5, 5.41) is 0. The van der Waals surface area contributed by atoms with E-state index in [0.717, 1.165) is 30.0 Å². The van der Waals surface area contributed by atoms with E-state index in [-0.39, 0.29) is 5.91 Å². The van der Waals surface area contributed by atoms with Gasteiger partial charge in [0, 0.05) is 26.1 Å². The molecule has 0 N–H and O–H groups in total. The molecule has 15 heavy (non-hydrogen) atoms. The van der Waals surface area contributed by atoms with E-state index in [2.05, 4.69) is 0 Å². The Labute approximate surface area is 90.2 Å². The molecule has 0 bridgehead atoms. The van der Waals surface area contributed by atoms with Crippen molar-refractivity contribution in [3.8, 4) is 0 Å². The molecule has 0 radical (unpaired) electrons. The Bertz CT molecular complexity index is 346. The molecule has 2 saturated heterocycles. The number of carbonyl (C=O) groups is 1. The smallest absolute Gasteiger partial charge is 0.274 e. The second-order valence-corrected chi connectivity index (χ2v) is 5.89. The van der Waals surface area contributed by atoms with E-state index in [4.69, 9.17) is 0 Å². The van der Waals surface area contributed by atoms with Crippen molar-refractivity contribution in [3.05, 3.63) is 0 Å². The van der Waals surface area contributed by atoms with Crippen molar-refractivity contribution >= 4 is 16.1 Å². The van der Waals surface area contributed by atoms with E-state index < -0.39 is 10.2 Å². The summed E-state index contributed by atoms with van der Waals surface area (Å²) in [5.41, 5.74) is 0. The largest absolute Gasteiger partial charge is 0.306 e. The Morgan fingerprint density at radius 3 is 2.13 bits per heavy atom. The Morgan fingerprint density at radius 2 is 1.53 bits per heavy atom. The van der Waals surface area contributed by atoms with Crippen LogP contribution in [-0.2, 0) is 15.0 Å². The minimum Gasteiger partial charge on any atom is -0.274 e. The van der Waals surface area contributed by atoms with E-state index in [1.54, 1.807) is 0 Å². The molecular weight excluding hydrogens is 216 g/mol. The predicted molar refractivity (Wildman–Crippen MR) is 55.3 cm³/mol. The van der Waals surface area contributed by atoms with Crippen LogP contribution in [0, 0.1) is 0 Å². The van der Waals surface area contributed by atoms with Crippen molar-refractivity contribution in [1.82, 2.24) is 8.61 Å². The molecule has 0 spiro atoms. The molecule has 2 rings (SSSR count). The Hall–Kier alpha value is -0.620. The molecule has 2 heterocycles. The predicted octanol–water partition coefficient (Wildman–Crippen LogP) is 0.340. The highest BCUT2D eigenvalue weighted by Gasteiger charge is 2.35. The van der Waals surface area contributed by atoms with E-state index in [0.29, 0.717) is 26.1 Å². The van der Waals surface area contributed by atoms with Crippen molar-refractivity contribution in [1.29, 1.82) is 0 Å². The van der Waals surface area contributed by atoms with Crippen LogP contribution in [0.15, 0.2) is 0 Å². The highest BCUT2D eigenvalue weighted by molar-refractivity contribution is 7.87. The number of piperidine rings is 1. The molecule has 0 saturated carbocycles. The van der Waals surface area contributed by atoms with E-state index in [1.165, 1.54) is 4.31 Å². The van der Waals surface area contributed by atoms with E-state index in [9.17, 15) is 13.2 Å². The fraction of sp³-hybridized carbons (Fsp3) is 0.889. The summed E-state index contributed by atoms with van der Waals surface area (Å²) in [5.74, 6) is -0.242. The third-order valence-electron chi connectivity index (χ3n) is 2.95. The lowest BCUT2D eigenvalue weighted by Gasteiger charge is -2.29. The maximum atomic E-state index is 12.0. The van der Waals surface area contributed by atoms with Crippen LogP contribution in [0.2, 0.25) is 0 Å². The first-order valence-electron chi connectivity index (χ1n) is 5.43. The van der Waals surface area contributed by atoms with Gasteiger partial charge in [0.05, 0.1) is 0 Å². The van der Waals surface area contributed by atoms with Crippen LogP contribution in [-0.4, -0.2) is 42.6 Å². The van der Waals surface area contributed by atoms with Crippen molar-refractivity contribution in [2.45, 2.75) is 32.1 Å². The van der Waals surface area contributed by atoms with Crippen LogP contribution in [0.1, 0.15) is 32.1 Å². The molecular formula is C9H16N2O3S. The first-order valence-corrected chi connectivity index (χ1v) is 6.83. The lowest BCUT2D eigenvalue weighted by molar-refractivity contribution is -0.128. The molecule has 2 fully saturated rings. The molecule has 1 amide bonds. The Kier molecular flexibility index (Phi) is 2.97. The van der Waals surface area contributed by atoms with Gasteiger partial charge in [0.2, 0.25) is 5.91 Å². The molecule has 0 unspecified atom stereocenters. The van der Waals surface area contributed by atoms with Crippen LogP contribution < -0.4 is 0 Å². The van der Waals surface area contributed by atoms with Crippen molar-refractivity contribution in [3.63, 3.8) is 0 Å². The number of hydrogen-bond acceptors (Lipinski definition) is 3. The average molecular weight is 232 g/mol. The number of carbonyl (C=O) groups excluding carboxylic acids is 1. The summed E-state index contributed by atoms with van der Waals surface area (Å²) >= 11 is 0. The fourth-order valence-corrected chi connectivity index (χ4v) is 3.79. The first-order chi connectivity index (χ1) is 7.12. The molecule has 2 aliphatic rings. The molecule has 0 atom stereocenters. The molecule has 6 heteroatoms. The molecule has 0 aromatic heterocycles. The van der Waals surface area contributed by atoms with Crippen molar-refractivity contribution < 1.29 is 13.2 Å². The van der Waals surface area contributed by atoms with Crippen LogP contribution >= 0.6 is 0 Å². The lowest BCUT2D eigenvalue weighted by atomic mass is 10.2. The summed E-state index contributed by atoms with van der Waals surface area (Å²) in [6.07, 6.45) is 3.78. The molecule has 0 aliphatic carbocycles. The van der Waals surface area contributed by atoms with E-state index >= 15 is 0 Å². The normalized spacial score (nSPS) is 24.8. The number of amides is 1. The van der Waals surface area contributed by atoms with Gasteiger partial charge < -0.3 is 0 Å². The van der Waals surface area contributed by atoms with Crippen LogP contribution in [0.3, 0.4) is 0 Å². The highest BCUT2D eigenvalue weighted by atomic mass is 32.2. The zero-order valence-electron chi connectivity index (χ0n) is 8.68. The minimum atomic E-state index is -3.49. The summed E-state index contributed by atoms with van der Waals surface area (Å²) < 4.78 is 26.5. The number of nitrogens with zero attached hydrogens (tertiary/aromatic N) is 2. The monoisotopic (exact) mass is 232 g/mol. The van der Waals surface area contributed by atoms with Gasteiger partial charge >= 0.3 is 10.2 Å². The number of rotatable bonds is 2. The van der Waals surface area contributed by atoms with Gasteiger partial charge in [-0.3, -0.25) is 4.79 Å². The van der Waals surface area contributed by atoms with E-state index in [1.807, 2.05) is 0 Å². The lowest BCUT2D eigenvalue weighted by Crippen LogP contribution is -2.47. The Morgan fingerprint density at radius 1 is 0.933 bits per heavy atom. The zero-order chi connectivity index (χ0) is 10.9. The molecule has 86 valence electrons. The molecule has 5 nitrogen and oxygen atoms in total.